The lowest BCUT2D eigenvalue weighted by atomic mass is 9.82. The summed E-state index contributed by atoms with van der Waals surface area (Å²) in [5.41, 5.74) is 5.87. The normalized spacial score (nSPS) is 38.8. The molecule has 4 heteroatoms. The van der Waals surface area contributed by atoms with Crippen LogP contribution < -0.4 is 5.73 Å². The molecule has 0 unspecified atom stereocenters. The summed E-state index contributed by atoms with van der Waals surface area (Å²) < 4.78 is 0. The van der Waals surface area contributed by atoms with Gasteiger partial charge in [-0.1, -0.05) is 0 Å². The fraction of sp³-hybridized carbons (Fsp3) is 0.889. The lowest BCUT2D eigenvalue weighted by molar-refractivity contribution is 0.0360. The average Bonchev–Trinajstić information content (AvgIpc) is 2.01. The molecule has 2 aliphatic heterocycles. The third-order valence-corrected chi connectivity index (χ3v) is 3.23. The molecule has 4 nitrogen and oxygen atoms in total. The van der Waals surface area contributed by atoms with Crippen LogP contribution >= 0.6 is 0 Å². The molecule has 0 aromatic heterocycles. The van der Waals surface area contributed by atoms with E-state index in [9.17, 15) is 4.79 Å². The maximum Gasteiger partial charge on any atom is 0.407 e. The Labute approximate surface area is 77.7 Å². The summed E-state index contributed by atoms with van der Waals surface area (Å²) in [6.45, 7) is 0. The Hall–Kier alpha value is -0.770. The van der Waals surface area contributed by atoms with Crippen LogP contribution in [0.2, 0.25) is 0 Å². The number of hydrogen-bond acceptors (Lipinski definition) is 2. The molecule has 0 spiro atoms. The number of rotatable bonds is 0. The van der Waals surface area contributed by atoms with Gasteiger partial charge in [-0.2, -0.15) is 0 Å². The molecule has 13 heavy (non-hydrogen) atoms. The SMILES string of the molecule is N[C@@H]1C[C@H]2CCC[C@@H](C1)N2C(=O)O. The van der Waals surface area contributed by atoms with E-state index in [1.807, 2.05) is 0 Å². The number of amides is 1. The van der Waals surface area contributed by atoms with Gasteiger partial charge in [-0.3, -0.25) is 0 Å². The monoisotopic (exact) mass is 184 g/mol. The summed E-state index contributed by atoms with van der Waals surface area (Å²) in [4.78, 5) is 12.6. The predicted octanol–water partition coefficient (Wildman–Crippen LogP) is 1.01. The number of carboxylic acid groups (broad SMARTS) is 1. The van der Waals surface area contributed by atoms with E-state index in [-0.39, 0.29) is 18.1 Å². The van der Waals surface area contributed by atoms with Crippen molar-refractivity contribution in [2.24, 2.45) is 5.73 Å². The zero-order valence-corrected chi connectivity index (χ0v) is 7.65. The molecule has 2 heterocycles. The van der Waals surface area contributed by atoms with Crippen molar-refractivity contribution in [1.29, 1.82) is 0 Å². The van der Waals surface area contributed by atoms with Crippen LogP contribution in [0.3, 0.4) is 0 Å². The summed E-state index contributed by atoms with van der Waals surface area (Å²) in [6, 6.07) is 0.603. The summed E-state index contributed by atoms with van der Waals surface area (Å²) in [5, 5.41) is 9.02. The summed E-state index contributed by atoms with van der Waals surface area (Å²) >= 11 is 0. The summed E-state index contributed by atoms with van der Waals surface area (Å²) in [5.74, 6) is 0. The number of hydrogen-bond donors (Lipinski definition) is 2. The Morgan fingerprint density at radius 2 is 1.85 bits per heavy atom. The fourth-order valence-corrected chi connectivity index (χ4v) is 2.74. The maximum atomic E-state index is 11.0. The molecule has 3 N–H and O–H groups in total. The van der Waals surface area contributed by atoms with Gasteiger partial charge in [0, 0.05) is 18.1 Å². The highest BCUT2D eigenvalue weighted by Crippen LogP contribution is 2.33. The molecule has 0 radical (unpaired) electrons. The lowest BCUT2D eigenvalue weighted by Gasteiger charge is -2.46. The zero-order valence-electron chi connectivity index (χ0n) is 7.65. The van der Waals surface area contributed by atoms with Crippen molar-refractivity contribution in [2.75, 3.05) is 0 Å². The zero-order chi connectivity index (χ0) is 9.42. The van der Waals surface area contributed by atoms with Crippen LogP contribution in [-0.2, 0) is 0 Å². The van der Waals surface area contributed by atoms with Crippen LogP contribution in [0.25, 0.3) is 0 Å². The molecule has 1 amide bonds. The minimum absolute atomic E-state index is 0.194. The molecular formula is C9H16N2O2. The van der Waals surface area contributed by atoms with Crippen LogP contribution in [0, 0.1) is 0 Å². The van der Waals surface area contributed by atoms with Gasteiger partial charge in [-0.25, -0.2) is 4.79 Å². The molecule has 0 saturated carbocycles. The Kier molecular flexibility index (Phi) is 2.15. The number of carbonyl (C=O) groups is 1. The van der Waals surface area contributed by atoms with Crippen LogP contribution in [0.5, 0.6) is 0 Å². The summed E-state index contributed by atoms with van der Waals surface area (Å²) in [7, 11) is 0. The molecule has 2 bridgehead atoms. The molecule has 2 fully saturated rings. The summed E-state index contributed by atoms with van der Waals surface area (Å²) in [6.07, 6.45) is 4.09. The first-order valence-corrected chi connectivity index (χ1v) is 4.95. The molecule has 2 saturated heterocycles. The van der Waals surface area contributed by atoms with Gasteiger partial charge in [0.1, 0.15) is 0 Å². The highest BCUT2D eigenvalue weighted by atomic mass is 16.4. The second-order valence-corrected chi connectivity index (χ2v) is 4.16. The maximum absolute atomic E-state index is 11.0. The smallest absolute Gasteiger partial charge is 0.407 e. The van der Waals surface area contributed by atoms with E-state index in [2.05, 4.69) is 0 Å². The van der Waals surface area contributed by atoms with Crippen LogP contribution in [-0.4, -0.2) is 34.2 Å². The standard InChI is InChI=1S/C9H16N2O2/c10-6-4-7-2-1-3-8(5-6)11(7)9(12)13/h6-8H,1-5,10H2,(H,12,13)/t6-,7-,8+. The van der Waals surface area contributed by atoms with Crippen LogP contribution in [0.15, 0.2) is 0 Å². The van der Waals surface area contributed by atoms with Gasteiger partial charge in [-0.05, 0) is 32.1 Å². The van der Waals surface area contributed by atoms with Crippen molar-refractivity contribution >= 4 is 6.09 Å². The topological polar surface area (TPSA) is 66.6 Å². The lowest BCUT2D eigenvalue weighted by Crippen LogP contribution is -2.57. The quantitative estimate of drug-likeness (QED) is 0.590. The fourth-order valence-electron chi connectivity index (χ4n) is 2.74. The average molecular weight is 184 g/mol. The van der Waals surface area contributed by atoms with E-state index < -0.39 is 6.09 Å². The molecule has 74 valence electrons. The van der Waals surface area contributed by atoms with Gasteiger partial charge in [0.15, 0.2) is 0 Å². The van der Waals surface area contributed by atoms with E-state index >= 15 is 0 Å². The number of piperidine rings is 2. The molecule has 2 aliphatic rings. The van der Waals surface area contributed by atoms with Crippen molar-refractivity contribution in [3.05, 3.63) is 0 Å². The largest absolute Gasteiger partial charge is 0.465 e. The molecule has 2 rings (SSSR count). The Morgan fingerprint density at radius 3 is 2.31 bits per heavy atom. The van der Waals surface area contributed by atoms with Gasteiger partial charge >= 0.3 is 6.09 Å². The van der Waals surface area contributed by atoms with Crippen molar-refractivity contribution in [2.45, 2.75) is 50.2 Å². The highest BCUT2D eigenvalue weighted by Gasteiger charge is 2.39. The first-order valence-electron chi connectivity index (χ1n) is 4.95. The van der Waals surface area contributed by atoms with Crippen LogP contribution in [0.1, 0.15) is 32.1 Å². The van der Waals surface area contributed by atoms with E-state index in [4.69, 9.17) is 10.8 Å². The third kappa shape index (κ3) is 1.50. The van der Waals surface area contributed by atoms with Gasteiger partial charge in [0.2, 0.25) is 0 Å². The molecule has 3 atom stereocenters. The van der Waals surface area contributed by atoms with E-state index in [1.165, 1.54) is 0 Å². The minimum Gasteiger partial charge on any atom is -0.465 e. The van der Waals surface area contributed by atoms with E-state index in [1.54, 1.807) is 4.90 Å². The molecule has 0 aliphatic carbocycles. The van der Waals surface area contributed by atoms with Gasteiger partial charge in [0.25, 0.3) is 0 Å². The number of fused-ring (bicyclic) bond motifs is 2. The minimum atomic E-state index is -0.762. The van der Waals surface area contributed by atoms with Crippen molar-refractivity contribution in [3.63, 3.8) is 0 Å². The first-order chi connectivity index (χ1) is 6.18. The Balaban J connectivity index is 2.14. The van der Waals surface area contributed by atoms with Gasteiger partial charge in [-0.15, -0.1) is 0 Å². The Morgan fingerprint density at radius 1 is 1.31 bits per heavy atom. The second kappa shape index (κ2) is 3.18. The third-order valence-electron chi connectivity index (χ3n) is 3.23. The Bertz CT molecular complexity index is 206. The molecule has 0 aromatic rings. The first kappa shape index (κ1) is 8.81. The predicted molar refractivity (Wildman–Crippen MR) is 48.5 cm³/mol. The number of nitrogens with two attached hydrogens (primary N) is 1. The van der Waals surface area contributed by atoms with Gasteiger partial charge in [0.05, 0.1) is 0 Å². The van der Waals surface area contributed by atoms with Gasteiger partial charge < -0.3 is 15.7 Å². The van der Waals surface area contributed by atoms with Crippen molar-refractivity contribution in [3.8, 4) is 0 Å². The van der Waals surface area contributed by atoms with Crippen molar-refractivity contribution < 1.29 is 9.90 Å². The number of nitrogens with zero attached hydrogens (tertiary/aromatic N) is 1. The van der Waals surface area contributed by atoms with Crippen molar-refractivity contribution in [1.82, 2.24) is 4.90 Å². The second-order valence-electron chi connectivity index (χ2n) is 4.16. The van der Waals surface area contributed by atoms with Crippen LogP contribution in [0.4, 0.5) is 4.79 Å². The van der Waals surface area contributed by atoms with E-state index in [0.717, 1.165) is 32.1 Å². The molecular weight excluding hydrogens is 168 g/mol. The highest BCUT2D eigenvalue weighted by molar-refractivity contribution is 5.66. The van der Waals surface area contributed by atoms with E-state index in [0.29, 0.717) is 0 Å². The molecule has 0 aromatic carbocycles.